The maximum atomic E-state index is 0. The molecule has 0 nitrogen and oxygen atoms in total. The summed E-state index contributed by atoms with van der Waals surface area (Å²) in [4.78, 5) is 0. The molecule has 0 aliphatic carbocycles. The molecule has 0 amide bonds. The first-order valence-electron chi connectivity index (χ1n) is 0. The molecule has 0 aliphatic heterocycles. The molecule has 0 unspecified atom stereocenters. The molecule has 0 aromatic carbocycles. The van der Waals surface area contributed by atoms with E-state index in [9.17, 15) is 0 Å². The first-order valence-corrected chi connectivity index (χ1v) is 0. The van der Waals surface area contributed by atoms with Crippen molar-refractivity contribution >= 4 is 156 Å². The van der Waals surface area contributed by atoms with Crippen LogP contribution in [0, 0.1) is 0 Å². The fraction of sp³-hybridized carbons (Fsp3) is 0. The van der Waals surface area contributed by atoms with Gasteiger partial charge >= 0.3 is 108 Å². The molecule has 0 atom stereocenters. The molecule has 9 heavy (non-hydrogen) atoms. The van der Waals surface area contributed by atoms with E-state index in [0.29, 0.717) is 0 Å². The van der Waals surface area contributed by atoms with Crippen molar-refractivity contribution in [2.45, 2.75) is 0 Å². The van der Waals surface area contributed by atoms with Gasteiger partial charge in [-0.15, -0.1) is 0 Å². The third kappa shape index (κ3) is 61.1. The number of hydrogen-bond donors (Lipinski definition) is 0. The van der Waals surface area contributed by atoms with Gasteiger partial charge in [0.25, 0.3) is 0 Å². The maximum absolute atomic E-state index is 0. The molecule has 0 saturated heterocycles. The van der Waals surface area contributed by atoms with Crippen molar-refractivity contribution in [1.29, 1.82) is 0 Å². The van der Waals surface area contributed by atoms with Gasteiger partial charge in [0.2, 0.25) is 0 Å². The Hall–Kier alpha value is 5.22. The van der Waals surface area contributed by atoms with Crippen molar-refractivity contribution in [3.63, 3.8) is 0 Å². The second-order valence-corrected chi connectivity index (χ2v) is 0. The van der Waals surface area contributed by atoms with E-state index in [1.165, 1.54) is 0 Å². The van der Waals surface area contributed by atoms with Gasteiger partial charge in [-0.2, -0.15) is 0 Å². The largest absolute Gasteiger partial charge is 3.00 e. The van der Waals surface area contributed by atoms with E-state index < -0.39 is 0 Å². The standard InChI is InChI=1S/Ba.2Ga.5S.Zn/q+2;2*+3;5*-2;+2. The summed E-state index contributed by atoms with van der Waals surface area (Å²) in [5.41, 5.74) is 0. The van der Waals surface area contributed by atoms with Crippen LogP contribution in [0.5, 0.6) is 0 Å². The summed E-state index contributed by atoms with van der Waals surface area (Å²) in [5.74, 6) is 0. The molecule has 0 saturated carbocycles. The van der Waals surface area contributed by atoms with Crippen molar-refractivity contribution in [1.82, 2.24) is 0 Å². The molecule has 0 aliphatic rings. The minimum absolute atomic E-state index is 0. The summed E-state index contributed by atoms with van der Waals surface area (Å²) in [6.07, 6.45) is 0. The minimum Gasteiger partial charge on any atom is -2.00 e. The van der Waals surface area contributed by atoms with Crippen molar-refractivity contribution in [2.24, 2.45) is 0 Å². The zero-order chi connectivity index (χ0) is 0. The van der Waals surface area contributed by atoms with Crippen molar-refractivity contribution in [2.75, 3.05) is 0 Å². The van der Waals surface area contributed by atoms with Crippen molar-refractivity contribution < 1.29 is 19.5 Å². The molecule has 0 heterocycles. The third-order valence-electron chi connectivity index (χ3n) is 0. The van der Waals surface area contributed by atoms with Crippen LogP contribution in [-0.4, -0.2) is 88.5 Å². The fourth-order valence-corrected chi connectivity index (χ4v) is 0. The van der Waals surface area contributed by atoms with Gasteiger partial charge in [-0.3, -0.25) is 0 Å². The van der Waals surface area contributed by atoms with Crippen molar-refractivity contribution in [3.8, 4) is 0 Å². The molecule has 0 fully saturated rings. The van der Waals surface area contributed by atoms with Crippen LogP contribution in [0.25, 0.3) is 0 Å². The molecular weight excluding hydrogens is 502 g/mol. The van der Waals surface area contributed by atoms with Gasteiger partial charge in [-0.25, -0.2) is 0 Å². The molecule has 0 bridgehead atoms. The molecule has 0 N–H and O–H groups in total. The predicted molar refractivity (Wildman–Crippen MR) is 54.1 cm³/mol. The van der Waals surface area contributed by atoms with E-state index in [4.69, 9.17) is 0 Å². The molecule has 9 heteroatoms. The Kier molecular flexibility index (Phi) is 735. The SMILES string of the molecule is [Ba+2].[Ga+3].[Ga+3].[S-2].[S-2].[S-2].[S-2].[S-2].[Zn+2]. The zero-order valence-electron chi connectivity index (χ0n) is 4.61. The van der Waals surface area contributed by atoms with Gasteiger partial charge in [0.1, 0.15) is 0 Å². The Bertz CT molecular complexity index is 14.9. The summed E-state index contributed by atoms with van der Waals surface area (Å²) in [6.45, 7) is 0. The summed E-state index contributed by atoms with van der Waals surface area (Å²) in [5, 5.41) is 0. The fourth-order valence-electron chi connectivity index (χ4n) is 0. The Morgan fingerprint density at radius 3 is 0.444 bits per heavy atom. The second kappa shape index (κ2) is 72.5. The molecule has 0 aromatic rings. The monoisotopic (exact) mass is 500 g/mol. The smallest absolute Gasteiger partial charge is 2.00 e. The van der Waals surface area contributed by atoms with Crippen LogP contribution in [0.15, 0.2) is 0 Å². The van der Waals surface area contributed by atoms with Gasteiger partial charge < -0.3 is 67.5 Å². The summed E-state index contributed by atoms with van der Waals surface area (Å²) in [7, 11) is 0. The van der Waals surface area contributed by atoms with Crippen LogP contribution >= 0.6 is 0 Å². The molecular formula is BaGa2S5Zn. The van der Waals surface area contributed by atoms with Crippen LogP contribution in [0.4, 0.5) is 0 Å². The normalized spacial score (nSPS) is 0. The van der Waals surface area contributed by atoms with E-state index in [-0.39, 0.29) is 175 Å². The van der Waals surface area contributed by atoms with Gasteiger partial charge in [0.15, 0.2) is 0 Å². The van der Waals surface area contributed by atoms with Crippen LogP contribution < -0.4 is 0 Å². The van der Waals surface area contributed by atoms with E-state index in [1.807, 2.05) is 0 Å². The van der Waals surface area contributed by atoms with Gasteiger partial charge in [-0.1, -0.05) is 0 Å². The third-order valence-corrected chi connectivity index (χ3v) is 0. The average molecular weight is 502 g/mol. The second-order valence-electron chi connectivity index (χ2n) is 0. The van der Waals surface area contributed by atoms with E-state index in [1.54, 1.807) is 0 Å². The first-order chi connectivity index (χ1) is 0. The summed E-state index contributed by atoms with van der Waals surface area (Å²) >= 11 is 0. The van der Waals surface area contributed by atoms with Crippen molar-refractivity contribution in [3.05, 3.63) is 0 Å². The minimum atomic E-state index is 0. The predicted octanol–water partition coefficient (Wildman–Crippen LogP) is -1.16. The maximum Gasteiger partial charge on any atom is 3.00 e. The van der Waals surface area contributed by atoms with Gasteiger partial charge in [0, 0.05) is 0 Å². The van der Waals surface area contributed by atoms with Crippen LogP contribution in [0.1, 0.15) is 0 Å². The quantitative estimate of drug-likeness (QED) is 0.367. The first kappa shape index (κ1) is 91.2. The van der Waals surface area contributed by atoms with Crippen LogP contribution in [0.3, 0.4) is 0 Å². The van der Waals surface area contributed by atoms with E-state index in [2.05, 4.69) is 0 Å². The molecule has 0 spiro atoms. The molecule has 0 aromatic heterocycles. The van der Waals surface area contributed by atoms with Crippen LogP contribution in [-0.2, 0) is 87.0 Å². The average Bonchev–Trinajstić information content (AvgIpc) is 0. The summed E-state index contributed by atoms with van der Waals surface area (Å²) in [6, 6.07) is 0. The Morgan fingerprint density at radius 1 is 0.444 bits per heavy atom. The van der Waals surface area contributed by atoms with Gasteiger partial charge in [0.05, 0.1) is 0 Å². The Balaban J connectivity index is 0. The van der Waals surface area contributed by atoms with Gasteiger partial charge in [-0.05, 0) is 0 Å². The molecule has 0 rings (SSSR count). The Morgan fingerprint density at radius 2 is 0.444 bits per heavy atom. The van der Waals surface area contributed by atoms with Crippen LogP contribution in [0.2, 0.25) is 0 Å². The van der Waals surface area contributed by atoms with E-state index in [0.717, 1.165) is 0 Å². The zero-order valence-corrected chi connectivity index (χ0v) is 20.9. The molecule has 0 radical (unpaired) electrons. The number of hydrogen-bond acceptors (Lipinski definition) is 0. The van der Waals surface area contributed by atoms with E-state index >= 15 is 0 Å². The number of rotatable bonds is 0. The Labute approximate surface area is 171 Å². The molecule has 40 valence electrons. The summed E-state index contributed by atoms with van der Waals surface area (Å²) < 4.78 is 0. The topological polar surface area (TPSA) is 0 Å².